The lowest BCUT2D eigenvalue weighted by atomic mass is 10.3. The Morgan fingerprint density at radius 3 is 2.52 bits per heavy atom. The second kappa shape index (κ2) is 8.45. The molecule has 2 aromatic heterocycles. The van der Waals surface area contributed by atoms with Gasteiger partial charge in [-0.15, -0.1) is 10.2 Å². The van der Waals surface area contributed by atoms with Crippen molar-refractivity contribution in [1.29, 1.82) is 0 Å². The Labute approximate surface area is 139 Å². The molecule has 9 nitrogen and oxygen atoms in total. The van der Waals surface area contributed by atoms with E-state index < -0.39 is 10.2 Å². The molecule has 0 bridgehead atoms. The second-order valence-electron chi connectivity index (χ2n) is 4.59. The predicted molar refractivity (Wildman–Crippen MR) is 69.0 cm³/mol. The third kappa shape index (κ3) is 7.14. The van der Waals surface area contributed by atoms with Crippen LogP contribution < -0.4 is 33.5 Å². The Balaban J connectivity index is 0.000000463. The molecule has 0 saturated carbocycles. The normalized spacial score (nSPS) is 11.1. The van der Waals surface area contributed by atoms with Crippen LogP contribution in [0.15, 0.2) is 17.8 Å². The highest BCUT2D eigenvalue weighted by molar-refractivity contribution is 7.09. The van der Waals surface area contributed by atoms with E-state index >= 15 is 0 Å². The summed E-state index contributed by atoms with van der Waals surface area (Å²) >= 11 is 1.64. The van der Waals surface area contributed by atoms with Gasteiger partial charge in [-0.25, -0.2) is 23.2 Å². The minimum absolute atomic E-state index is 0.163. The molecule has 0 radical (unpaired) electrons. The molecule has 0 atom stereocenters. The molecule has 2 rings (SSSR count). The van der Waals surface area contributed by atoms with Crippen LogP contribution in [0.4, 0.5) is 5.82 Å². The van der Waals surface area contributed by atoms with E-state index in [0.29, 0.717) is 18.8 Å². The van der Waals surface area contributed by atoms with Gasteiger partial charge >= 0.3 is 0 Å². The van der Waals surface area contributed by atoms with Crippen molar-refractivity contribution >= 4 is 17.2 Å². The number of nitrogens with two attached hydrogens (primary N) is 1. The van der Waals surface area contributed by atoms with E-state index in [1.165, 1.54) is 0 Å². The minimum Gasteiger partial charge on any atom is -0.396 e. The van der Waals surface area contributed by atoms with Crippen LogP contribution in [0.1, 0.15) is 16.4 Å². The molecule has 0 aliphatic heterocycles. The number of nitrogens with zero attached hydrogens (tertiary/aromatic N) is 3. The maximum atomic E-state index is 9.02. The third-order valence-corrected chi connectivity index (χ3v) is 3.87. The summed E-state index contributed by atoms with van der Waals surface area (Å²) < 4.78 is 38.0. The Morgan fingerprint density at radius 1 is 1.35 bits per heavy atom. The Kier molecular flexibility index (Phi) is 7.22. The molecule has 2 heterocycles. The zero-order valence-electron chi connectivity index (χ0n) is 12.6. The van der Waals surface area contributed by atoms with Gasteiger partial charge < -0.3 is 10.8 Å². The fourth-order valence-electron chi connectivity index (χ4n) is 1.80. The van der Waals surface area contributed by atoms with Crippen molar-refractivity contribution in [3.63, 3.8) is 0 Å². The first-order valence-electron chi connectivity index (χ1n) is 6.42. The van der Waals surface area contributed by atoms with Crippen molar-refractivity contribution in [1.82, 2.24) is 4.98 Å². The molecule has 128 valence electrons. The zero-order valence-corrected chi connectivity index (χ0v) is 14.2. The largest absolute Gasteiger partial charge is 0.396 e. The minimum atomic E-state index is -4.94. The van der Waals surface area contributed by atoms with Crippen molar-refractivity contribution < 1.29 is 43.1 Å². The zero-order chi connectivity index (χ0) is 17.6. The van der Waals surface area contributed by atoms with E-state index in [-0.39, 0.29) is 6.61 Å². The summed E-state index contributed by atoms with van der Waals surface area (Å²) in [6.45, 7) is 2.77. The van der Waals surface area contributed by atoms with Gasteiger partial charge in [0.15, 0.2) is 12.7 Å². The van der Waals surface area contributed by atoms with E-state index in [1.54, 1.807) is 11.3 Å². The predicted octanol–water partition coefficient (Wildman–Crippen LogP) is -5.03. The Morgan fingerprint density at radius 2 is 1.96 bits per heavy atom. The molecule has 0 unspecified atom stereocenters. The van der Waals surface area contributed by atoms with E-state index in [0.717, 1.165) is 16.4 Å². The fraction of sp³-hybridized carbons (Fsp3) is 0.417. The third-order valence-electron chi connectivity index (χ3n) is 2.90. The highest BCUT2D eigenvalue weighted by Crippen LogP contribution is 2.08. The van der Waals surface area contributed by atoms with Crippen molar-refractivity contribution in [2.45, 2.75) is 19.9 Å². The number of aromatic nitrogens is 3. The maximum Gasteiger partial charge on any atom is 0.297 e. The first-order chi connectivity index (χ1) is 10.6. The molecular formula is C12H18ClN4O5S+. The quantitative estimate of drug-likeness (QED) is 0.513. The van der Waals surface area contributed by atoms with E-state index in [4.69, 9.17) is 29.5 Å². The van der Waals surface area contributed by atoms with Gasteiger partial charge in [0.05, 0.1) is 25.5 Å². The summed E-state index contributed by atoms with van der Waals surface area (Å²) in [6.07, 6.45) is 4.68. The molecule has 0 aliphatic carbocycles. The number of aliphatic hydroxyl groups excluding tert-OH is 1. The molecule has 0 aromatic carbocycles. The lowest BCUT2D eigenvalue weighted by Gasteiger charge is -2.17. The number of rotatable bonds is 4. The topological polar surface area (TPSA) is 159 Å². The van der Waals surface area contributed by atoms with Crippen molar-refractivity contribution in [3.05, 3.63) is 34.2 Å². The average molecular weight is 366 g/mol. The summed E-state index contributed by atoms with van der Waals surface area (Å²) in [6, 6.07) is 0. The number of aliphatic hydroxyl groups is 1. The summed E-state index contributed by atoms with van der Waals surface area (Å²) in [5.74, 6) is 1.46. The monoisotopic (exact) mass is 365 g/mol. The maximum absolute atomic E-state index is 9.02. The summed E-state index contributed by atoms with van der Waals surface area (Å²) in [4.78, 5) is 4.31. The molecule has 2 aromatic rings. The molecule has 0 saturated heterocycles. The lowest BCUT2D eigenvalue weighted by molar-refractivity contribution is -2.00. The molecule has 0 spiro atoms. The summed E-state index contributed by atoms with van der Waals surface area (Å²) in [5, 5.41) is 12.2. The Hall–Kier alpha value is -1.40. The number of hydrogen-bond donors (Lipinski definition) is 2. The van der Waals surface area contributed by atoms with Gasteiger partial charge in [0.25, 0.3) is 11.6 Å². The van der Waals surface area contributed by atoms with Gasteiger partial charge in [-0.1, -0.05) is 11.3 Å². The van der Waals surface area contributed by atoms with E-state index in [1.807, 2.05) is 36.3 Å². The number of anilines is 1. The average Bonchev–Trinajstić information content (AvgIpc) is 2.82. The van der Waals surface area contributed by atoms with Crippen LogP contribution in [-0.4, -0.2) is 16.7 Å². The first kappa shape index (κ1) is 19.6. The van der Waals surface area contributed by atoms with Gasteiger partial charge in [0, 0.05) is 6.92 Å². The SMILES string of the molecule is Cc1nc(N)c(C[n+]2ccsc2CCO)c[n+]1C.[O-][Cl+3]([O-])([O-])[O-]. The van der Waals surface area contributed by atoms with Crippen LogP contribution in [0.2, 0.25) is 0 Å². The van der Waals surface area contributed by atoms with E-state index in [9.17, 15) is 0 Å². The van der Waals surface area contributed by atoms with Crippen LogP contribution in [-0.2, 0) is 20.0 Å². The molecule has 11 heteroatoms. The first-order valence-corrected chi connectivity index (χ1v) is 8.53. The van der Waals surface area contributed by atoms with Gasteiger partial charge in [0.1, 0.15) is 11.8 Å². The van der Waals surface area contributed by atoms with Gasteiger partial charge in [-0.05, 0) is 4.98 Å². The van der Waals surface area contributed by atoms with Crippen LogP contribution in [0.3, 0.4) is 0 Å². The molecule has 0 aliphatic rings. The van der Waals surface area contributed by atoms with Crippen molar-refractivity contribution in [2.75, 3.05) is 12.3 Å². The highest BCUT2D eigenvalue weighted by Gasteiger charge is 2.19. The molecule has 0 amide bonds. The standard InChI is InChI=1S/C12H17N4OS.ClHO4/c1-9-14-12(13)10(7-15(9)2)8-16-4-6-18-11(16)3-5-17;2-1(3,4)5/h4,6-7,13,17H,3,5,8H2,1-2H3;(H,2,3,4,5)/q+1;. The molecular weight excluding hydrogens is 348 g/mol. The van der Waals surface area contributed by atoms with Crippen molar-refractivity contribution in [3.8, 4) is 0 Å². The summed E-state index contributed by atoms with van der Waals surface area (Å²) in [5.41, 5.74) is 6.94. The highest BCUT2D eigenvalue weighted by atomic mass is 35.7. The van der Waals surface area contributed by atoms with E-state index in [2.05, 4.69) is 9.55 Å². The van der Waals surface area contributed by atoms with Gasteiger partial charge in [0.2, 0.25) is 5.01 Å². The summed E-state index contributed by atoms with van der Waals surface area (Å²) in [7, 11) is -2.99. The second-order valence-corrected chi connectivity index (χ2v) is 6.32. The molecule has 3 N–H and O–H groups in total. The number of thiazole rings is 1. The van der Waals surface area contributed by atoms with Crippen LogP contribution in [0.5, 0.6) is 0 Å². The number of nitrogen functional groups attached to an aromatic ring is 1. The number of aryl methyl sites for hydroxylation is 2. The fourth-order valence-corrected chi connectivity index (χ4v) is 2.63. The van der Waals surface area contributed by atoms with Gasteiger partial charge in [-0.2, -0.15) is 4.57 Å². The smallest absolute Gasteiger partial charge is 0.297 e. The van der Waals surface area contributed by atoms with Crippen LogP contribution in [0.25, 0.3) is 0 Å². The molecule has 23 heavy (non-hydrogen) atoms. The van der Waals surface area contributed by atoms with Crippen LogP contribution >= 0.6 is 11.3 Å². The number of halogens is 1. The lowest BCUT2D eigenvalue weighted by Crippen LogP contribution is -2.68. The van der Waals surface area contributed by atoms with Crippen molar-refractivity contribution in [2.24, 2.45) is 7.05 Å². The Bertz CT molecular complexity index is 641. The van der Waals surface area contributed by atoms with Crippen LogP contribution in [0, 0.1) is 17.2 Å². The van der Waals surface area contributed by atoms with Gasteiger partial charge in [-0.3, -0.25) is 0 Å². The number of hydrogen-bond acceptors (Lipinski definition) is 8. The molecule has 0 fully saturated rings.